The van der Waals surface area contributed by atoms with Gasteiger partial charge in [-0.25, -0.2) is 23.2 Å². The number of hydrogen-bond acceptors (Lipinski definition) is 6. The molecule has 0 saturated carbocycles. The number of nitrogens with one attached hydrogen (secondary N) is 1. The van der Waals surface area contributed by atoms with E-state index in [0.29, 0.717) is 33.1 Å². The Balaban J connectivity index is 1.41. The second kappa shape index (κ2) is 9.07. The molecule has 0 radical (unpaired) electrons. The summed E-state index contributed by atoms with van der Waals surface area (Å²) in [6, 6.07) is 15.4. The first kappa shape index (κ1) is 22.4. The predicted octanol–water partition coefficient (Wildman–Crippen LogP) is 3.28. The molecule has 0 aliphatic rings. The molecule has 5 rings (SSSR count). The van der Waals surface area contributed by atoms with E-state index in [1.165, 1.54) is 10.5 Å². The molecule has 10 nitrogen and oxygen atoms in total. The smallest absolute Gasteiger partial charge is 0.350 e. The van der Waals surface area contributed by atoms with Crippen molar-refractivity contribution in [2.24, 2.45) is 0 Å². The third-order valence-corrected chi connectivity index (χ3v) is 5.54. The molecular weight excluding hydrogens is 472 g/mol. The van der Waals surface area contributed by atoms with Gasteiger partial charge in [0.1, 0.15) is 12.1 Å². The summed E-state index contributed by atoms with van der Waals surface area (Å²) in [4.78, 5) is 37.4. The fraction of sp³-hybridized carbons (Fsp3) is 0.125. The van der Waals surface area contributed by atoms with Gasteiger partial charge in [-0.05, 0) is 43.3 Å². The van der Waals surface area contributed by atoms with Crippen molar-refractivity contribution in [1.29, 1.82) is 0 Å². The lowest BCUT2D eigenvalue weighted by molar-refractivity contribution is -0.117. The second-order valence-corrected chi connectivity index (χ2v) is 8.08. The molecule has 3 aromatic heterocycles. The highest BCUT2D eigenvalue weighted by Gasteiger charge is 2.16. The molecule has 0 atom stereocenters. The van der Waals surface area contributed by atoms with Crippen molar-refractivity contribution >= 4 is 40.3 Å². The minimum absolute atomic E-state index is 0.248. The van der Waals surface area contributed by atoms with Crippen molar-refractivity contribution in [3.8, 4) is 11.3 Å². The van der Waals surface area contributed by atoms with E-state index >= 15 is 0 Å². The van der Waals surface area contributed by atoms with Crippen LogP contribution < -0.4 is 11.0 Å². The Bertz CT molecular complexity index is 1630. The van der Waals surface area contributed by atoms with Crippen molar-refractivity contribution in [3.05, 3.63) is 88.1 Å². The lowest BCUT2D eigenvalue weighted by Crippen LogP contribution is -2.28. The van der Waals surface area contributed by atoms with Crippen LogP contribution in [0.5, 0.6) is 0 Å². The van der Waals surface area contributed by atoms with Gasteiger partial charge in [0.25, 0.3) is 0 Å². The number of ether oxygens (including phenoxy) is 1. The van der Waals surface area contributed by atoms with Crippen molar-refractivity contribution in [2.45, 2.75) is 13.5 Å². The van der Waals surface area contributed by atoms with E-state index in [0.717, 1.165) is 10.2 Å². The maximum atomic E-state index is 12.9. The van der Waals surface area contributed by atoms with Crippen LogP contribution in [0.15, 0.2) is 71.8 Å². The van der Waals surface area contributed by atoms with E-state index in [1.54, 1.807) is 54.2 Å². The van der Waals surface area contributed by atoms with Crippen molar-refractivity contribution in [2.75, 3.05) is 11.9 Å². The summed E-state index contributed by atoms with van der Waals surface area (Å²) in [5.74, 6) is -0.953. The van der Waals surface area contributed by atoms with Crippen LogP contribution in [0.2, 0.25) is 5.02 Å². The number of halogens is 1. The number of amides is 1. The molecule has 2 aromatic carbocycles. The first-order valence-electron chi connectivity index (χ1n) is 10.7. The van der Waals surface area contributed by atoms with Crippen LogP contribution in [-0.2, 0) is 16.1 Å². The Labute approximate surface area is 203 Å². The maximum Gasteiger partial charge on any atom is 0.350 e. The molecular formula is C24H19ClN6O4. The van der Waals surface area contributed by atoms with Gasteiger partial charge in [-0.15, -0.1) is 5.10 Å². The zero-order valence-electron chi connectivity index (χ0n) is 18.5. The summed E-state index contributed by atoms with van der Waals surface area (Å²) in [5.41, 5.74) is 2.78. The molecule has 0 spiro atoms. The fourth-order valence-corrected chi connectivity index (χ4v) is 3.80. The molecule has 1 N–H and O–H groups in total. The van der Waals surface area contributed by atoms with Crippen LogP contribution in [0.25, 0.3) is 22.4 Å². The minimum atomic E-state index is -0.483. The lowest BCUT2D eigenvalue weighted by atomic mass is 10.1. The second-order valence-electron chi connectivity index (χ2n) is 7.65. The van der Waals surface area contributed by atoms with Crippen molar-refractivity contribution < 1.29 is 14.3 Å². The standard InChI is InChI=1S/C24H19ClN6O4/c1-2-35-23(33)16-4-3-5-18(12-16)26-21(32)14-31-24(34)29-10-11-30-20(22(29)28-31)13-19(27-30)15-6-8-17(25)9-7-15/h3-13H,2,14H2,1H3,(H,26,32). The average molecular weight is 491 g/mol. The number of fused-ring (bicyclic) bond motifs is 3. The van der Waals surface area contributed by atoms with E-state index in [9.17, 15) is 14.4 Å². The number of rotatable bonds is 6. The maximum absolute atomic E-state index is 12.9. The van der Waals surface area contributed by atoms with Crippen LogP contribution >= 0.6 is 11.6 Å². The average Bonchev–Trinajstić information content (AvgIpc) is 3.41. The van der Waals surface area contributed by atoms with Crippen LogP contribution in [0.1, 0.15) is 17.3 Å². The van der Waals surface area contributed by atoms with Gasteiger partial charge in [-0.3, -0.25) is 4.79 Å². The third kappa shape index (κ3) is 4.38. The molecule has 0 fully saturated rings. The normalized spacial score (nSPS) is 11.1. The summed E-state index contributed by atoms with van der Waals surface area (Å²) in [7, 11) is 0. The highest BCUT2D eigenvalue weighted by molar-refractivity contribution is 6.30. The number of anilines is 1. The van der Waals surface area contributed by atoms with Gasteiger partial charge in [0.2, 0.25) is 5.91 Å². The number of hydrogen-bond donors (Lipinski definition) is 1. The van der Waals surface area contributed by atoms with E-state index < -0.39 is 17.6 Å². The summed E-state index contributed by atoms with van der Waals surface area (Å²) >= 11 is 5.97. The van der Waals surface area contributed by atoms with E-state index in [-0.39, 0.29) is 13.2 Å². The zero-order chi connectivity index (χ0) is 24.5. The SMILES string of the molecule is CCOC(=O)c1cccc(NC(=O)Cn2nc3c4cc(-c5ccc(Cl)cc5)nn4ccn3c2=O)c1. The molecule has 0 bridgehead atoms. The van der Waals surface area contributed by atoms with Crippen molar-refractivity contribution in [3.63, 3.8) is 0 Å². The highest BCUT2D eigenvalue weighted by Crippen LogP contribution is 2.23. The Hall–Kier alpha value is -4.44. The molecule has 1 amide bonds. The molecule has 0 aliphatic heterocycles. The lowest BCUT2D eigenvalue weighted by Gasteiger charge is -2.07. The quantitative estimate of drug-likeness (QED) is 0.365. The van der Waals surface area contributed by atoms with Crippen LogP contribution in [0, 0.1) is 0 Å². The summed E-state index contributed by atoms with van der Waals surface area (Å²) in [6.45, 7) is 1.65. The molecule has 5 aromatic rings. The number of esters is 1. The van der Waals surface area contributed by atoms with E-state index in [2.05, 4.69) is 15.5 Å². The summed E-state index contributed by atoms with van der Waals surface area (Å²) in [6.07, 6.45) is 3.20. The Morgan fingerprint density at radius 1 is 1.06 bits per heavy atom. The summed E-state index contributed by atoms with van der Waals surface area (Å²) in [5, 5.41) is 12.2. The van der Waals surface area contributed by atoms with Crippen LogP contribution in [0.4, 0.5) is 5.69 Å². The van der Waals surface area contributed by atoms with Gasteiger partial charge in [0, 0.05) is 28.7 Å². The van der Waals surface area contributed by atoms with Gasteiger partial charge < -0.3 is 10.1 Å². The fourth-order valence-electron chi connectivity index (χ4n) is 3.67. The Morgan fingerprint density at radius 2 is 1.86 bits per heavy atom. The number of benzene rings is 2. The van der Waals surface area contributed by atoms with Gasteiger partial charge >= 0.3 is 11.7 Å². The molecule has 11 heteroatoms. The molecule has 0 aliphatic carbocycles. The number of carbonyl (C=O) groups excluding carboxylic acids is 2. The van der Waals surface area contributed by atoms with E-state index in [1.807, 2.05) is 18.2 Å². The zero-order valence-corrected chi connectivity index (χ0v) is 19.3. The van der Waals surface area contributed by atoms with Gasteiger partial charge in [0.15, 0.2) is 5.65 Å². The van der Waals surface area contributed by atoms with Crippen LogP contribution in [0.3, 0.4) is 0 Å². The van der Waals surface area contributed by atoms with Gasteiger partial charge in [-0.1, -0.05) is 29.8 Å². The third-order valence-electron chi connectivity index (χ3n) is 5.28. The first-order chi connectivity index (χ1) is 16.9. The van der Waals surface area contributed by atoms with Gasteiger partial charge in [-0.2, -0.15) is 5.10 Å². The molecule has 0 unspecified atom stereocenters. The van der Waals surface area contributed by atoms with Crippen LogP contribution in [-0.4, -0.2) is 42.3 Å². The number of nitrogens with zero attached hydrogens (tertiary/aromatic N) is 5. The number of carbonyl (C=O) groups is 2. The molecule has 176 valence electrons. The first-order valence-corrected chi connectivity index (χ1v) is 11.1. The number of aromatic nitrogens is 5. The Morgan fingerprint density at radius 3 is 2.63 bits per heavy atom. The topological polar surface area (TPSA) is 112 Å². The van der Waals surface area contributed by atoms with Gasteiger partial charge in [0.05, 0.1) is 17.9 Å². The Kier molecular flexibility index (Phi) is 5.79. The molecule has 3 heterocycles. The summed E-state index contributed by atoms with van der Waals surface area (Å²) < 4.78 is 9.04. The largest absolute Gasteiger partial charge is 0.462 e. The van der Waals surface area contributed by atoms with E-state index in [4.69, 9.17) is 16.3 Å². The molecule has 0 saturated heterocycles. The minimum Gasteiger partial charge on any atom is -0.462 e. The predicted molar refractivity (Wildman–Crippen MR) is 130 cm³/mol. The molecule has 35 heavy (non-hydrogen) atoms. The highest BCUT2D eigenvalue weighted by atomic mass is 35.5. The monoisotopic (exact) mass is 490 g/mol. The van der Waals surface area contributed by atoms with Crippen molar-refractivity contribution in [1.82, 2.24) is 23.8 Å².